The molecule has 2 heterocycles. The summed E-state index contributed by atoms with van der Waals surface area (Å²) in [5.74, 6) is -0.188. The number of nitrogens with one attached hydrogen (secondary N) is 1. The summed E-state index contributed by atoms with van der Waals surface area (Å²) < 4.78 is 24.4. The predicted molar refractivity (Wildman–Crippen MR) is 68.8 cm³/mol. The van der Waals surface area contributed by atoms with E-state index < -0.39 is 16.1 Å². The molecule has 0 aromatic carbocycles. The van der Waals surface area contributed by atoms with Gasteiger partial charge < -0.3 is 10.2 Å². The van der Waals surface area contributed by atoms with Gasteiger partial charge in [-0.3, -0.25) is 9.59 Å². The standard InChI is InChI=1S/C11H19N3O4S/c1-19(17,18)14-6-2-5-13(7-8-14)11(16)9-3-4-10(15)12-9/h9H,2-8H2,1H3,(H,12,15). The van der Waals surface area contributed by atoms with Crippen LogP contribution in [-0.2, 0) is 19.6 Å². The van der Waals surface area contributed by atoms with Gasteiger partial charge in [0.15, 0.2) is 0 Å². The van der Waals surface area contributed by atoms with Gasteiger partial charge in [-0.25, -0.2) is 12.7 Å². The molecule has 2 fully saturated rings. The minimum atomic E-state index is -3.20. The number of sulfonamides is 1. The number of carbonyl (C=O) groups excluding carboxylic acids is 2. The normalized spacial score (nSPS) is 26.1. The smallest absolute Gasteiger partial charge is 0.245 e. The van der Waals surface area contributed by atoms with Crippen molar-refractivity contribution in [2.45, 2.75) is 25.3 Å². The molecule has 2 aliphatic rings. The molecule has 1 atom stereocenters. The van der Waals surface area contributed by atoms with Crippen molar-refractivity contribution in [3.63, 3.8) is 0 Å². The molecular formula is C11H19N3O4S. The summed E-state index contributed by atoms with van der Waals surface area (Å²) in [6, 6.07) is -0.433. The lowest BCUT2D eigenvalue weighted by atomic mass is 10.2. The molecule has 108 valence electrons. The highest BCUT2D eigenvalue weighted by Crippen LogP contribution is 2.13. The van der Waals surface area contributed by atoms with Crippen LogP contribution in [0.5, 0.6) is 0 Å². The molecule has 0 radical (unpaired) electrons. The third-order valence-corrected chi connectivity index (χ3v) is 4.83. The van der Waals surface area contributed by atoms with E-state index in [2.05, 4.69) is 5.32 Å². The summed E-state index contributed by atoms with van der Waals surface area (Å²) >= 11 is 0. The highest BCUT2D eigenvalue weighted by Gasteiger charge is 2.32. The Hall–Kier alpha value is -1.15. The van der Waals surface area contributed by atoms with Crippen LogP contribution in [0.1, 0.15) is 19.3 Å². The Morgan fingerprint density at radius 3 is 2.58 bits per heavy atom. The van der Waals surface area contributed by atoms with E-state index in [1.165, 1.54) is 10.6 Å². The monoisotopic (exact) mass is 289 g/mol. The van der Waals surface area contributed by atoms with Gasteiger partial charge in [0.05, 0.1) is 6.26 Å². The number of nitrogens with zero attached hydrogens (tertiary/aromatic N) is 2. The predicted octanol–water partition coefficient (Wildman–Crippen LogP) is -1.24. The van der Waals surface area contributed by atoms with Gasteiger partial charge in [0.25, 0.3) is 0 Å². The zero-order valence-corrected chi connectivity index (χ0v) is 11.8. The van der Waals surface area contributed by atoms with E-state index in [4.69, 9.17) is 0 Å². The third-order valence-electron chi connectivity index (χ3n) is 3.53. The molecule has 2 saturated heterocycles. The maximum absolute atomic E-state index is 12.2. The Balaban J connectivity index is 1.96. The quantitative estimate of drug-likeness (QED) is 0.689. The lowest BCUT2D eigenvalue weighted by Crippen LogP contribution is -2.46. The molecule has 0 aromatic rings. The molecule has 0 bridgehead atoms. The van der Waals surface area contributed by atoms with E-state index in [-0.39, 0.29) is 11.8 Å². The highest BCUT2D eigenvalue weighted by molar-refractivity contribution is 7.88. The van der Waals surface area contributed by atoms with E-state index in [1.54, 1.807) is 4.90 Å². The molecule has 2 aliphatic heterocycles. The van der Waals surface area contributed by atoms with Crippen LogP contribution in [0.15, 0.2) is 0 Å². The number of hydrogen-bond donors (Lipinski definition) is 1. The Morgan fingerprint density at radius 1 is 1.26 bits per heavy atom. The van der Waals surface area contributed by atoms with Crippen LogP contribution in [-0.4, -0.2) is 67.9 Å². The molecule has 2 rings (SSSR count). The van der Waals surface area contributed by atoms with Gasteiger partial charge in [-0.15, -0.1) is 0 Å². The summed E-state index contributed by atoms with van der Waals surface area (Å²) in [4.78, 5) is 25.0. The van der Waals surface area contributed by atoms with Gasteiger partial charge in [0, 0.05) is 32.6 Å². The highest BCUT2D eigenvalue weighted by atomic mass is 32.2. The Morgan fingerprint density at radius 2 is 2.00 bits per heavy atom. The summed E-state index contributed by atoms with van der Waals surface area (Å²) in [6.07, 6.45) is 2.73. The molecule has 7 nitrogen and oxygen atoms in total. The van der Waals surface area contributed by atoms with Crippen LogP contribution < -0.4 is 5.32 Å². The first kappa shape index (κ1) is 14.3. The van der Waals surface area contributed by atoms with E-state index in [9.17, 15) is 18.0 Å². The first-order valence-corrected chi connectivity index (χ1v) is 8.26. The summed E-state index contributed by atoms with van der Waals surface area (Å²) in [5.41, 5.74) is 0. The molecule has 2 amide bonds. The fraction of sp³-hybridized carbons (Fsp3) is 0.818. The largest absolute Gasteiger partial charge is 0.344 e. The van der Waals surface area contributed by atoms with Gasteiger partial charge in [-0.1, -0.05) is 0 Å². The molecule has 0 aromatic heterocycles. The SMILES string of the molecule is CS(=O)(=O)N1CCCN(C(=O)C2CCC(=O)N2)CC1. The Kier molecular flexibility index (Phi) is 4.10. The summed E-state index contributed by atoms with van der Waals surface area (Å²) in [6.45, 7) is 1.69. The van der Waals surface area contributed by atoms with Crippen LogP contribution >= 0.6 is 0 Å². The second kappa shape index (κ2) is 5.46. The molecule has 1 N–H and O–H groups in total. The minimum Gasteiger partial charge on any atom is -0.344 e. The molecule has 19 heavy (non-hydrogen) atoms. The topological polar surface area (TPSA) is 86.8 Å². The van der Waals surface area contributed by atoms with Crippen molar-refractivity contribution in [2.75, 3.05) is 32.4 Å². The van der Waals surface area contributed by atoms with E-state index in [1.807, 2.05) is 0 Å². The first-order chi connectivity index (χ1) is 8.88. The maximum atomic E-state index is 12.2. The van der Waals surface area contributed by atoms with E-state index in [0.29, 0.717) is 45.4 Å². The van der Waals surface area contributed by atoms with Crippen LogP contribution in [0.3, 0.4) is 0 Å². The fourth-order valence-electron chi connectivity index (χ4n) is 2.47. The Bertz CT molecular complexity index is 476. The zero-order chi connectivity index (χ0) is 14.0. The number of hydrogen-bond acceptors (Lipinski definition) is 4. The Labute approximate surface area is 113 Å². The van der Waals surface area contributed by atoms with Crippen molar-refractivity contribution in [1.82, 2.24) is 14.5 Å². The van der Waals surface area contributed by atoms with Crippen molar-refractivity contribution in [3.8, 4) is 0 Å². The molecule has 8 heteroatoms. The first-order valence-electron chi connectivity index (χ1n) is 6.41. The van der Waals surface area contributed by atoms with Crippen LogP contribution in [0.2, 0.25) is 0 Å². The molecular weight excluding hydrogens is 270 g/mol. The lowest BCUT2D eigenvalue weighted by Gasteiger charge is -2.24. The second-order valence-electron chi connectivity index (χ2n) is 5.00. The van der Waals surface area contributed by atoms with Crippen LogP contribution in [0, 0.1) is 0 Å². The average molecular weight is 289 g/mol. The molecule has 0 aliphatic carbocycles. The summed E-state index contributed by atoms with van der Waals surface area (Å²) in [5, 5.41) is 2.65. The van der Waals surface area contributed by atoms with Gasteiger partial charge in [-0.05, 0) is 12.8 Å². The number of rotatable bonds is 2. The molecule has 0 spiro atoms. The van der Waals surface area contributed by atoms with Crippen molar-refractivity contribution >= 4 is 21.8 Å². The van der Waals surface area contributed by atoms with E-state index >= 15 is 0 Å². The molecule has 1 unspecified atom stereocenters. The lowest BCUT2D eigenvalue weighted by molar-refractivity contribution is -0.134. The van der Waals surface area contributed by atoms with Crippen LogP contribution in [0.4, 0.5) is 0 Å². The summed E-state index contributed by atoms with van der Waals surface area (Å²) in [7, 11) is -3.20. The van der Waals surface area contributed by atoms with E-state index in [0.717, 1.165) is 0 Å². The number of carbonyl (C=O) groups is 2. The third kappa shape index (κ3) is 3.44. The maximum Gasteiger partial charge on any atom is 0.245 e. The fourth-order valence-corrected chi connectivity index (χ4v) is 3.34. The number of amides is 2. The van der Waals surface area contributed by atoms with Crippen molar-refractivity contribution in [1.29, 1.82) is 0 Å². The zero-order valence-electron chi connectivity index (χ0n) is 11.0. The van der Waals surface area contributed by atoms with Gasteiger partial charge in [-0.2, -0.15) is 0 Å². The molecule has 0 saturated carbocycles. The van der Waals surface area contributed by atoms with Gasteiger partial charge in [0.1, 0.15) is 6.04 Å². The minimum absolute atomic E-state index is 0.0917. The van der Waals surface area contributed by atoms with Crippen molar-refractivity contribution in [2.24, 2.45) is 0 Å². The van der Waals surface area contributed by atoms with Crippen LogP contribution in [0.25, 0.3) is 0 Å². The van der Waals surface area contributed by atoms with Crippen molar-refractivity contribution < 1.29 is 18.0 Å². The van der Waals surface area contributed by atoms with Gasteiger partial charge in [0.2, 0.25) is 21.8 Å². The van der Waals surface area contributed by atoms with Crippen molar-refractivity contribution in [3.05, 3.63) is 0 Å². The second-order valence-corrected chi connectivity index (χ2v) is 6.98. The van der Waals surface area contributed by atoms with Gasteiger partial charge >= 0.3 is 0 Å². The average Bonchev–Trinajstić information content (AvgIpc) is 2.62.